The van der Waals surface area contributed by atoms with E-state index in [4.69, 9.17) is 9.57 Å². The molecule has 254 valence electrons. The van der Waals surface area contributed by atoms with Gasteiger partial charge < -0.3 is 20.3 Å². The standard InChI is InChI=1S/C36H45FN8O3/c1-4-35(46)41-28-20-29(40-33-22-34(39-23-38-33)45-30(12-19-48-45)27-7-5-6-24(2)36(27)37)32(47-3)21-31(28)44-13-10-26(11-14-44)43-17-15-42(16-18-43)25-8-9-25/h4-7,20-23,25-26,30H,1,8-19H2,2-3H3,(H,41,46)(H,38,39,40)/t30-/m1/s1. The minimum atomic E-state index is -0.321. The average Bonchev–Trinajstić information content (AvgIpc) is 3.86. The number of aryl methyl sites for hydroxylation is 1. The zero-order valence-corrected chi connectivity index (χ0v) is 27.8. The van der Waals surface area contributed by atoms with E-state index in [1.807, 2.05) is 18.2 Å². The van der Waals surface area contributed by atoms with Crippen molar-refractivity contribution >= 4 is 34.6 Å². The maximum Gasteiger partial charge on any atom is 0.247 e. The Balaban J connectivity index is 1.09. The molecule has 0 spiro atoms. The number of nitrogens with zero attached hydrogens (tertiary/aromatic N) is 6. The molecule has 4 fully saturated rings. The summed E-state index contributed by atoms with van der Waals surface area (Å²) >= 11 is 0. The second kappa shape index (κ2) is 14.1. The van der Waals surface area contributed by atoms with E-state index in [2.05, 4.69) is 41.9 Å². The number of benzene rings is 2. The molecule has 7 rings (SSSR count). The van der Waals surface area contributed by atoms with Crippen LogP contribution in [0.25, 0.3) is 0 Å². The first-order chi connectivity index (χ1) is 23.4. The smallest absolute Gasteiger partial charge is 0.247 e. The van der Waals surface area contributed by atoms with Crippen LogP contribution in [-0.4, -0.2) is 90.7 Å². The lowest BCUT2D eigenvalue weighted by atomic mass is 10.0. The third-order valence-electron chi connectivity index (χ3n) is 10.1. The molecule has 3 saturated heterocycles. The summed E-state index contributed by atoms with van der Waals surface area (Å²) in [7, 11) is 1.63. The van der Waals surface area contributed by atoms with Gasteiger partial charge in [0.1, 0.15) is 23.7 Å². The summed E-state index contributed by atoms with van der Waals surface area (Å²) in [6.45, 7) is 12.3. The van der Waals surface area contributed by atoms with Crippen LogP contribution in [0, 0.1) is 12.7 Å². The fourth-order valence-corrected chi connectivity index (χ4v) is 7.34. The molecule has 12 heteroatoms. The number of aromatic nitrogens is 2. The van der Waals surface area contributed by atoms with Gasteiger partial charge in [-0.25, -0.2) is 19.4 Å². The molecule has 0 radical (unpaired) electrons. The maximum atomic E-state index is 15.1. The van der Waals surface area contributed by atoms with Crippen molar-refractivity contribution in [2.75, 3.05) is 73.6 Å². The van der Waals surface area contributed by atoms with E-state index >= 15 is 4.39 Å². The molecule has 1 atom stereocenters. The van der Waals surface area contributed by atoms with Crippen LogP contribution in [0.2, 0.25) is 0 Å². The molecule has 3 aliphatic heterocycles. The van der Waals surface area contributed by atoms with Crippen molar-refractivity contribution in [2.24, 2.45) is 0 Å². The number of amides is 1. The van der Waals surface area contributed by atoms with E-state index in [9.17, 15) is 4.79 Å². The summed E-state index contributed by atoms with van der Waals surface area (Å²) in [6, 6.07) is 12.1. The lowest BCUT2D eigenvalue weighted by Crippen LogP contribution is -2.53. The van der Waals surface area contributed by atoms with Crippen molar-refractivity contribution in [3.8, 4) is 5.75 Å². The fraction of sp³-hybridized carbons (Fsp3) is 0.472. The van der Waals surface area contributed by atoms with Gasteiger partial charge in [-0.1, -0.05) is 24.8 Å². The van der Waals surface area contributed by atoms with E-state index in [1.54, 1.807) is 37.3 Å². The summed E-state index contributed by atoms with van der Waals surface area (Å²) in [5.41, 5.74) is 3.34. The number of piperazine rings is 1. The summed E-state index contributed by atoms with van der Waals surface area (Å²) in [5, 5.41) is 8.02. The highest BCUT2D eigenvalue weighted by atomic mass is 19.1. The number of methoxy groups -OCH3 is 1. The summed E-state index contributed by atoms with van der Waals surface area (Å²) in [6.07, 6.45) is 8.21. The molecular formula is C36H45FN8O3. The predicted molar refractivity (Wildman–Crippen MR) is 185 cm³/mol. The lowest BCUT2D eigenvalue weighted by Gasteiger charge is -2.43. The highest BCUT2D eigenvalue weighted by molar-refractivity contribution is 6.02. The number of carbonyl (C=O) groups is 1. The van der Waals surface area contributed by atoms with Crippen LogP contribution >= 0.6 is 0 Å². The zero-order valence-electron chi connectivity index (χ0n) is 27.8. The van der Waals surface area contributed by atoms with Gasteiger partial charge in [0.25, 0.3) is 0 Å². The molecule has 1 aliphatic carbocycles. The van der Waals surface area contributed by atoms with Crippen LogP contribution in [-0.2, 0) is 9.63 Å². The van der Waals surface area contributed by atoms with Crippen LogP contribution in [0.15, 0.2) is 55.4 Å². The van der Waals surface area contributed by atoms with Gasteiger partial charge in [0, 0.05) is 75.5 Å². The molecular weight excluding hydrogens is 611 g/mol. The number of nitrogens with one attached hydrogen (secondary N) is 2. The zero-order chi connectivity index (χ0) is 33.2. The Morgan fingerprint density at radius 1 is 0.979 bits per heavy atom. The van der Waals surface area contributed by atoms with Crippen LogP contribution in [0.4, 0.5) is 33.1 Å². The highest BCUT2D eigenvalue weighted by Crippen LogP contribution is 2.41. The monoisotopic (exact) mass is 656 g/mol. The molecule has 0 unspecified atom stereocenters. The molecule has 1 amide bonds. The summed E-state index contributed by atoms with van der Waals surface area (Å²) in [4.78, 5) is 35.1. The predicted octanol–water partition coefficient (Wildman–Crippen LogP) is 5.43. The topological polar surface area (TPSA) is 98.3 Å². The van der Waals surface area contributed by atoms with Gasteiger partial charge in [-0.2, -0.15) is 0 Å². The normalized spacial score (nSPS) is 20.9. The summed E-state index contributed by atoms with van der Waals surface area (Å²) in [5.74, 6) is 1.08. The second-order valence-electron chi connectivity index (χ2n) is 13.1. The van der Waals surface area contributed by atoms with Crippen LogP contribution in [0.1, 0.15) is 49.3 Å². The quantitative estimate of drug-likeness (QED) is 0.275. The number of anilines is 5. The third-order valence-corrected chi connectivity index (χ3v) is 10.1. The largest absolute Gasteiger partial charge is 0.494 e. The highest BCUT2D eigenvalue weighted by Gasteiger charge is 2.35. The van der Waals surface area contributed by atoms with E-state index in [0.29, 0.717) is 59.0 Å². The molecule has 3 aromatic rings. The Morgan fingerprint density at radius 3 is 2.40 bits per heavy atom. The van der Waals surface area contributed by atoms with Gasteiger partial charge in [0.2, 0.25) is 5.91 Å². The Kier molecular flexibility index (Phi) is 9.47. The Bertz CT molecular complexity index is 1640. The number of hydrogen-bond donors (Lipinski definition) is 2. The molecule has 2 aromatic carbocycles. The van der Waals surface area contributed by atoms with Gasteiger partial charge >= 0.3 is 0 Å². The van der Waals surface area contributed by atoms with Crippen LogP contribution in [0.5, 0.6) is 5.75 Å². The first-order valence-electron chi connectivity index (χ1n) is 17.1. The number of hydrogen-bond acceptors (Lipinski definition) is 10. The molecule has 11 nitrogen and oxygen atoms in total. The summed E-state index contributed by atoms with van der Waals surface area (Å²) < 4.78 is 20.9. The third kappa shape index (κ3) is 6.83. The number of piperidine rings is 1. The minimum absolute atomic E-state index is 0.236. The molecule has 0 bridgehead atoms. The number of carbonyl (C=O) groups excluding carboxylic acids is 1. The lowest BCUT2D eigenvalue weighted by molar-refractivity contribution is -0.111. The van der Waals surface area contributed by atoms with Gasteiger partial charge in [-0.05, 0) is 50.3 Å². The number of hydroxylamine groups is 1. The van der Waals surface area contributed by atoms with Crippen molar-refractivity contribution in [1.29, 1.82) is 0 Å². The van der Waals surface area contributed by atoms with E-state index in [1.165, 1.54) is 38.3 Å². The first-order valence-corrected chi connectivity index (χ1v) is 17.1. The molecule has 1 aromatic heterocycles. The first kappa shape index (κ1) is 32.3. The maximum absolute atomic E-state index is 15.1. The second-order valence-corrected chi connectivity index (χ2v) is 13.1. The molecule has 1 saturated carbocycles. The Morgan fingerprint density at radius 2 is 1.71 bits per heavy atom. The number of halogens is 1. The van der Waals surface area contributed by atoms with Crippen molar-refractivity contribution in [3.63, 3.8) is 0 Å². The molecule has 4 heterocycles. The number of rotatable bonds is 10. The SMILES string of the molecule is C=CC(=O)Nc1cc(Nc2cc(N3OCC[C@@H]3c3cccc(C)c3F)ncn2)c(OC)cc1N1CCC(N2CCN(C3CC3)CC2)CC1. The van der Waals surface area contributed by atoms with Gasteiger partial charge in [0.05, 0.1) is 36.8 Å². The average molecular weight is 657 g/mol. The Hall–Kier alpha value is -4.26. The van der Waals surface area contributed by atoms with Gasteiger partial charge in [-0.3, -0.25) is 19.4 Å². The van der Waals surface area contributed by atoms with Gasteiger partial charge in [-0.15, -0.1) is 0 Å². The van der Waals surface area contributed by atoms with Crippen molar-refractivity contribution in [3.05, 3.63) is 72.3 Å². The van der Waals surface area contributed by atoms with Crippen LogP contribution in [0.3, 0.4) is 0 Å². The van der Waals surface area contributed by atoms with Crippen LogP contribution < -0.4 is 25.3 Å². The van der Waals surface area contributed by atoms with Crippen molar-refractivity contribution in [1.82, 2.24) is 19.8 Å². The van der Waals surface area contributed by atoms with Crippen molar-refractivity contribution < 1.29 is 18.8 Å². The molecule has 48 heavy (non-hydrogen) atoms. The van der Waals surface area contributed by atoms with Crippen molar-refractivity contribution in [2.45, 2.75) is 57.2 Å². The Labute approximate surface area is 281 Å². The minimum Gasteiger partial charge on any atom is -0.494 e. The van der Waals surface area contributed by atoms with Gasteiger partial charge in [0.15, 0.2) is 5.82 Å². The fourth-order valence-electron chi connectivity index (χ4n) is 7.34. The van der Waals surface area contributed by atoms with E-state index < -0.39 is 0 Å². The van der Waals surface area contributed by atoms with E-state index in [-0.39, 0.29) is 17.8 Å². The molecule has 4 aliphatic rings. The number of ether oxygens (including phenoxy) is 1. The molecule has 2 N–H and O–H groups in total. The van der Waals surface area contributed by atoms with E-state index in [0.717, 1.165) is 50.7 Å².